The highest BCUT2D eigenvalue weighted by atomic mass is 31.2. The van der Waals surface area contributed by atoms with Crippen LogP contribution in [0.1, 0.15) is 370 Å². The molecule has 0 aliphatic carbocycles. The maximum absolute atomic E-state index is 13.1. The number of phosphoric acid groups is 2. The summed E-state index contributed by atoms with van der Waals surface area (Å²) in [5.74, 6) is 0.948. The van der Waals surface area contributed by atoms with Gasteiger partial charge in [-0.05, 0) is 49.4 Å². The molecule has 17 nitrogen and oxygen atoms in total. The van der Waals surface area contributed by atoms with E-state index in [0.717, 1.165) is 120 Å². The Kier molecular flexibility index (Phi) is 62.2. The van der Waals surface area contributed by atoms with Crippen molar-refractivity contribution in [3.05, 3.63) is 0 Å². The van der Waals surface area contributed by atoms with E-state index in [9.17, 15) is 43.2 Å². The Morgan fingerprint density at radius 2 is 0.516 bits per heavy atom. The van der Waals surface area contributed by atoms with Crippen molar-refractivity contribution in [3.8, 4) is 0 Å². The van der Waals surface area contributed by atoms with Crippen LogP contribution in [-0.4, -0.2) is 96.7 Å². The molecule has 0 rings (SSSR count). The second-order valence-electron chi connectivity index (χ2n) is 28.1. The minimum absolute atomic E-state index is 0.105. The average molecular weight is 1370 g/mol. The normalized spacial score (nSPS) is 14.8. The summed E-state index contributed by atoms with van der Waals surface area (Å²) in [7, 11) is -9.91. The van der Waals surface area contributed by atoms with E-state index in [1.54, 1.807) is 0 Å². The maximum atomic E-state index is 13.1. The third-order valence-electron chi connectivity index (χ3n) is 17.8. The molecule has 7 atom stereocenters. The number of aliphatic hydroxyl groups excluding tert-OH is 1. The highest BCUT2D eigenvalue weighted by Gasteiger charge is 2.30. The number of rotatable bonds is 71. The SMILES string of the molecule is CCC(C)CCCCCCCCCCCCCCCCC(=O)O[C@H](COC(=O)CCCCCCCCC(C)CC)COP(=O)(O)OC[C@H](O)COP(=O)(O)OC[C@@H](COC(=O)CCCCCCCCCCCC(C)C)OC(=O)CCCCCCCCCCCCC(C)C. The molecule has 0 aromatic heterocycles. The van der Waals surface area contributed by atoms with E-state index in [2.05, 4.69) is 55.4 Å². The number of phosphoric ester groups is 2. The maximum Gasteiger partial charge on any atom is 0.472 e. The molecule has 0 heterocycles. The highest BCUT2D eigenvalue weighted by molar-refractivity contribution is 7.47. The Morgan fingerprint density at radius 3 is 0.763 bits per heavy atom. The van der Waals surface area contributed by atoms with E-state index < -0.39 is 97.5 Å². The van der Waals surface area contributed by atoms with Crippen molar-refractivity contribution < 1.29 is 80.2 Å². The molecule has 0 aromatic carbocycles. The van der Waals surface area contributed by atoms with Gasteiger partial charge in [-0.2, -0.15) is 0 Å². The summed E-state index contributed by atoms with van der Waals surface area (Å²) in [5.41, 5.74) is 0. The molecule has 0 aliphatic heterocycles. The lowest BCUT2D eigenvalue weighted by Gasteiger charge is -2.21. The first-order valence-corrected chi connectivity index (χ1v) is 41.3. The van der Waals surface area contributed by atoms with Crippen molar-refractivity contribution in [2.75, 3.05) is 39.6 Å². The molecule has 0 spiro atoms. The zero-order chi connectivity index (χ0) is 68.9. The molecule has 93 heavy (non-hydrogen) atoms. The number of esters is 4. The van der Waals surface area contributed by atoms with Crippen LogP contribution >= 0.6 is 15.6 Å². The van der Waals surface area contributed by atoms with Gasteiger partial charge in [-0.3, -0.25) is 37.3 Å². The van der Waals surface area contributed by atoms with E-state index in [-0.39, 0.29) is 25.7 Å². The van der Waals surface area contributed by atoms with Gasteiger partial charge in [-0.25, -0.2) is 9.13 Å². The van der Waals surface area contributed by atoms with Crippen LogP contribution in [0.3, 0.4) is 0 Å². The van der Waals surface area contributed by atoms with Crippen molar-refractivity contribution >= 4 is 39.5 Å². The summed E-state index contributed by atoms with van der Waals surface area (Å²) in [6.07, 6.45) is 47.1. The summed E-state index contributed by atoms with van der Waals surface area (Å²) in [6, 6.07) is 0. The predicted molar refractivity (Wildman–Crippen MR) is 377 cm³/mol. The number of carbonyl (C=O) groups excluding carboxylic acids is 4. The number of aliphatic hydroxyl groups is 1. The first-order chi connectivity index (χ1) is 44.7. The average Bonchev–Trinajstić information content (AvgIpc) is 3.10. The van der Waals surface area contributed by atoms with Crippen molar-refractivity contribution in [2.24, 2.45) is 23.7 Å². The van der Waals surface area contributed by atoms with Crippen molar-refractivity contribution in [2.45, 2.75) is 388 Å². The molecule has 0 amide bonds. The van der Waals surface area contributed by atoms with Crippen LogP contribution in [0.25, 0.3) is 0 Å². The second kappa shape index (κ2) is 63.5. The van der Waals surface area contributed by atoms with E-state index in [1.165, 1.54) is 167 Å². The Balaban J connectivity index is 5.24. The first-order valence-electron chi connectivity index (χ1n) is 38.3. The number of hydrogen-bond donors (Lipinski definition) is 3. The number of unbranched alkanes of at least 4 members (excludes halogenated alkanes) is 35. The summed E-state index contributed by atoms with van der Waals surface area (Å²) in [6.45, 7) is 14.2. The molecule has 0 radical (unpaired) electrons. The molecule has 552 valence electrons. The Morgan fingerprint density at radius 1 is 0.301 bits per heavy atom. The van der Waals surface area contributed by atoms with Gasteiger partial charge < -0.3 is 33.8 Å². The molecule has 19 heteroatoms. The molecule has 3 N–H and O–H groups in total. The third kappa shape index (κ3) is 65.8. The second-order valence-corrected chi connectivity index (χ2v) is 31.0. The van der Waals surface area contributed by atoms with Gasteiger partial charge in [0.05, 0.1) is 26.4 Å². The van der Waals surface area contributed by atoms with Crippen LogP contribution in [0.4, 0.5) is 0 Å². The molecule has 0 aromatic rings. The van der Waals surface area contributed by atoms with Crippen molar-refractivity contribution in [3.63, 3.8) is 0 Å². The van der Waals surface area contributed by atoms with Crippen LogP contribution in [0.15, 0.2) is 0 Å². The smallest absolute Gasteiger partial charge is 0.462 e. The monoisotopic (exact) mass is 1370 g/mol. The molecule has 0 saturated carbocycles. The zero-order valence-electron chi connectivity index (χ0n) is 60.9. The van der Waals surface area contributed by atoms with Gasteiger partial charge in [-0.1, -0.05) is 319 Å². The standard InChI is InChI=1S/C74H144O17P2/c1-9-66(7)52-44-36-28-22-15-13-11-12-14-16-23-30-40-48-56-73(78)91-70(61-85-72(77)55-47-39-33-32-37-45-53-67(8)10-2)63-89-93(82,83)87-59-68(75)58-86-92(80,81)88-62-69(60-84-71(76)54-46-38-29-25-19-21-27-35-43-51-65(5)6)90-74(79)57-49-41-31-24-18-17-20-26-34-42-50-64(3)4/h64-70,75H,9-63H2,1-8H3,(H,80,81)(H,82,83)/t66?,67?,68-,69-,70-/m1/s1. The molecular weight excluding hydrogens is 1220 g/mol. The van der Waals surface area contributed by atoms with Crippen molar-refractivity contribution in [1.82, 2.24) is 0 Å². The molecule has 0 fully saturated rings. The predicted octanol–water partition coefficient (Wildman–Crippen LogP) is 21.3. The Labute approximate surface area is 568 Å². The Hall–Kier alpha value is -1.94. The quantitative estimate of drug-likeness (QED) is 0.0222. The van der Waals surface area contributed by atoms with Gasteiger partial charge in [0.2, 0.25) is 0 Å². The molecule has 0 bridgehead atoms. The summed E-state index contributed by atoms with van der Waals surface area (Å²) in [5, 5.41) is 10.6. The van der Waals surface area contributed by atoms with Crippen LogP contribution in [0.2, 0.25) is 0 Å². The van der Waals surface area contributed by atoms with Gasteiger partial charge in [-0.15, -0.1) is 0 Å². The third-order valence-corrected chi connectivity index (χ3v) is 19.7. The topological polar surface area (TPSA) is 237 Å². The minimum atomic E-state index is -4.96. The van der Waals surface area contributed by atoms with E-state index in [4.69, 9.17) is 37.0 Å². The van der Waals surface area contributed by atoms with Crippen LogP contribution < -0.4 is 0 Å². The molecule has 0 saturated heterocycles. The fourth-order valence-electron chi connectivity index (χ4n) is 11.1. The summed E-state index contributed by atoms with van der Waals surface area (Å²) >= 11 is 0. The van der Waals surface area contributed by atoms with Crippen molar-refractivity contribution in [1.29, 1.82) is 0 Å². The largest absolute Gasteiger partial charge is 0.472 e. The Bertz CT molecular complexity index is 1840. The van der Waals surface area contributed by atoms with Gasteiger partial charge in [0, 0.05) is 25.7 Å². The highest BCUT2D eigenvalue weighted by Crippen LogP contribution is 2.45. The van der Waals surface area contributed by atoms with E-state index in [1.807, 2.05) is 0 Å². The fraction of sp³-hybridized carbons (Fsp3) is 0.946. The molecular formula is C74H144O17P2. The van der Waals surface area contributed by atoms with Gasteiger partial charge in [0.25, 0.3) is 0 Å². The molecule has 4 unspecified atom stereocenters. The van der Waals surface area contributed by atoms with Crippen LogP contribution in [-0.2, 0) is 65.4 Å². The lowest BCUT2D eigenvalue weighted by molar-refractivity contribution is -0.161. The first kappa shape index (κ1) is 91.1. The van der Waals surface area contributed by atoms with Gasteiger partial charge >= 0.3 is 39.5 Å². The van der Waals surface area contributed by atoms with Gasteiger partial charge in [0.1, 0.15) is 19.3 Å². The zero-order valence-corrected chi connectivity index (χ0v) is 62.7. The lowest BCUT2D eigenvalue weighted by Crippen LogP contribution is -2.30. The van der Waals surface area contributed by atoms with Crippen LogP contribution in [0.5, 0.6) is 0 Å². The fourth-order valence-corrected chi connectivity index (χ4v) is 12.7. The van der Waals surface area contributed by atoms with Crippen LogP contribution in [0, 0.1) is 23.7 Å². The minimum Gasteiger partial charge on any atom is -0.462 e. The van der Waals surface area contributed by atoms with E-state index in [0.29, 0.717) is 25.7 Å². The number of ether oxygens (including phenoxy) is 4. The van der Waals surface area contributed by atoms with Gasteiger partial charge in [0.15, 0.2) is 12.2 Å². The summed E-state index contributed by atoms with van der Waals surface area (Å²) in [4.78, 5) is 72.7. The lowest BCUT2D eigenvalue weighted by atomic mass is 9.99. The number of carbonyl (C=O) groups is 4. The summed E-state index contributed by atoms with van der Waals surface area (Å²) < 4.78 is 68.4. The molecule has 0 aliphatic rings. The van der Waals surface area contributed by atoms with E-state index >= 15 is 0 Å². The number of hydrogen-bond acceptors (Lipinski definition) is 15.